The zero-order valence-corrected chi connectivity index (χ0v) is 14.6. The summed E-state index contributed by atoms with van der Waals surface area (Å²) in [4.78, 5) is 23.5. The van der Waals surface area contributed by atoms with Crippen LogP contribution in [0, 0.1) is 18.3 Å². The van der Waals surface area contributed by atoms with E-state index in [0.717, 1.165) is 5.56 Å². The van der Waals surface area contributed by atoms with Crippen LogP contribution in [0.15, 0.2) is 30.6 Å². The predicted molar refractivity (Wildman–Crippen MR) is 93.4 cm³/mol. The molecule has 1 aromatic carbocycles. The second-order valence-electron chi connectivity index (χ2n) is 5.91. The molecule has 0 saturated carbocycles. The highest BCUT2D eigenvalue weighted by Gasteiger charge is 2.31. The Bertz CT molecular complexity index is 866. The van der Waals surface area contributed by atoms with E-state index in [2.05, 4.69) is 20.5 Å². The number of nitrogens with one attached hydrogen (secondary N) is 2. The summed E-state index contributed by atoms with van der Waals surface area (Å²) in [6, 6.07) is 6.88. The van der Waals surface area contributed by atoms with Crippen molar-refractivity contribution < 1.29 is 19.4 Å². The Labute approximate surface area is 150 Å². The maximum Gasteiger partial charge on any atom is 0.411 e. The van der Waals surface area contributed by atoms with Gasteiger partial charge in [0, 0.05) is 11.9 Å². The number of aryl methyl sites for hydroxylation is 1. The van der Waals surface area contributed by atoms with Crippen LogP contribution >= 0.6 is 0 Å². The number of aromatic nitrogens is 2. The molecule has 0 fully saturated rings. The fourth-order valence-electron chi connectivity index (χ4n) is 2.20. The van der Waals surface area contributed by atoms with Crippen LogP contribution in [0.5, 0.6) is 0 Å². The molecule has 9 heteroatoms. The van der Waals surface area contributed by atoms with E-state index in [4.69, 9.17) is 5.26 Å². The topological polar surface area (TPSA) is 129 Å². The Morgan fingerprint density at radius 2 is 2.12 bits per heavy atom. The third-order valence-corrected chi connectivity index (χ3v) is 3.63. The summed E-state index contributed by atoms with van der Waals surface area (Å²) in [6.07, 6.45) is 2.18. The van der Waals surface area contributed by atoms with Crippen molar-refractivity contribution in [1.82, 2.24) is 9.78 Å². The van der Waals surface area contributed by atoms with Gasteiger partial charge >= 0.3 is 6.09 Å². The van der Waals surface area contributed by atoms with Gasteiger partial charge in [-0.15, -0.1) is 0 Å². The number of carbonyl (C=O) groups is 2. The van der Waals surface area contributed by atoms with Gasteiger partial charge in [-0.3, -0.25) is 14.8 Å². The zero-order valence-electron chi connectivity index (χ0n) is 14.6. The Hall–Kier alpha value is -3.38. The van der Waals surface area contributed by atoms with Gasteiger partial charge in [-0.1, -0.05) is 0 Å². The Morgan fingerprint density at radius 3 is 2.73 bits per heavy atom. The fraction of sp³-hybridized carbons (Fsp3) is 0.294. The molecule has 26 heavy (non-hydrogen) atoms. The number of ether oxygens (including phenoxy) is 1. The van der Waals surface area contributed by atoms with Gasteiger partial charge < -0.3 is 15.2 Å². The highest BCUT2D eigenvalue weighted by molar-refractivity contribution is 5.96. The fourth-order valence-corrected chi connectivity index (χ4v) is 2.20. The quantitative estimate of drug-likeness (QED) is 0.746. The van der Waals surface area contributed by atoms with E-state index in [1.807, 2.05) is 6.07 Å². The van der Waals surface area contributed by atoms with Crippen LogP contribution in [0.4, 0.5) is 16.2 Å². The van der Waals surface area contributed by atoms with Crippen molar-refractivity contribution in [2.75, 3.05) is 17.7 Å². The van der Waals surface area contributed by atoms with E-state index in [9.17, 15) is 14.7 Å². The number of aliphatic hydroxyl groups is 1. The molecule has 2 amide bonds. The lowest BCUT2D eigenvalue weighted by atomic mass is 10.1. The summed E-state index contributed by atoms with van der Waals surface area (Å²) >= 11 is 0. The van der Waals surface area contributed by atoms with Crippen LogP contribution in [-0.2, 0) is 16.1 Å². The van der Waals surface area contributed by atoms with Gasteiger partial charge in [-0.2, -0.15) is 10.4 Å². The van der Waals surface area contributed by atoms with Crippen LogP contribution in [0.1, 0.15) is 18.1 Å². The van der Waals surface area contributed by atoms with Gasteiger partial charge in [-0.05, 0) is 37.6 Å². The Morgan fingerprint density at radius 1 is 1.38 bits per heavy atom. The lowest BCUT2D eigenvalue weighted by Gasteiger charge is -2.22. The molecule has 3 N–H and O–H groups in total. The third-order valence-electron chi connectivity index (χ3n) is 3.63. The smallest absolute Gasteiger partial charge is 0.411 e. The number of methoxy groups -OCH3 is 1. The monoisotopic (exact) mass is 357 g/mol. The molecular formula is C17H19N5O4. The summed E-state index contributed by atoms with van der Waals surface area (Å²) in [6.45, 7) is 2.98. The molecular weight excluding hydrogens is 338 g/mol. The molecule has 9 nitrogen and oxygen atoms in total. The molecule has 0 bridgehead atoms. The van der Waals surface area contributed by atoms with Gasteiger partial charge in [0.05, 0.1) is 37.2 Å². The van der Waals surface area contributed by atoms with E-state index in [0.29, 0.717) is 16.9 Å². The molecule has 0 spiro atoms. The molecule has 0 radical (unpaired) electrons. The second kappa shape index (κ2) is 7.67. The second-order valence-corrected chi connectivity index (χ2v) is 5.91. The number of rotatable bonds is 5. The van der Waals surface area contributed by atoms with Crippen LogP contribution in [-0.4, -0.2) is 39.6 Å². The van der Waals surface area contributed by atoms with Crippen molar-refractivity contribution in [3.05, 3.63) is 41.7 Å². The van der Waals surface area contributed by atoms with E-state index in [1.165, 1.54) is 31.1 Å². The number of hydrogen-bond donors (Lipinski definition) is 3. The highest BCUT2D eigenvalue weighted by atomic mass is 16.5. The van der Waals surface area contributed by atoms with Crippen molar-refractivity contribution in [2.24, 2.45) is 0 Å². The van der Waals surface area contributed by atoms with E-state index in [1.54, 1.807) is 25.1 Å². The van der Waals surface area contributed by atoms with Crippen molar-refractivity contribution >= 4 is 23.4 Å². The zero-order chi connectivity index (χ0) is 19.3. The highest BCUT2D eigenvalue weighted by Crippen LogP contribution is 2.17. The molecule has 0 aliphatic heterocycles. The standard InChI is InChI=1S/C17H19N5O4/c1-11-6-13(5-4-12(11)7-18)20-15(23)17(2,25)10-22-9-14(8-19-22)21-16(24)26-3/h4-6,8-9,25H,10H2,1-3H3,(H,20,23)(H,21,24)/t17-/m0/s1. The first-order valence-electron chi connectivity index (χ1n) is 7.67. The molecule has 0 unspecified atom stereocenters. The van der Waals surface area contributed by atoms with Gasteiger partial charge in [0.2, 0.25) is 0 Å². The average molecular weight is 357 g/mol. The van der Waals surface area contributed by atoms with E-state index >= 15 is 0 Å². The SMILES string of the molecule is COC(=O)Nc1cnn(C[C@](C)(O)C(=O)Nc2ccc(C#N)c(C)c2)c1. The normalized spacial score (nSPS) is 12.6. The molecule has 1 atom stereocenters. The molecule has 136 valence electrons. The average Bonchev–Trinajstić information content (AvgIpc) is 3.01. The van der Waals surface area contributed by atoms with Crippen LogP contribution in [0.25, 0.3) is 0 Å². The largest absolute Gasteiger partial charge is 0.453 e. The van der Waals surface area contributed by atoms with Crippen LogP contribution in [0.2, 0.25) is 0 Å². The van der Waals surface area contributed by atoms with Gasteiger partial charge in [0.1, 0.15) is 0 Å². The van der Waals surface area contributed by atoms with Crippen molar-refractivity contribution in [1.29, 1.82) is 5.26 Å². The first-order valence-corrected chi connectivity index (χ1v) is 7.67. The first kappa shape index (κ1) is 19.0. The summed E-state index contributed by atoms with van der Waals surface area (Å²) < 4.78 is 5.80. The maximum absolute atomic E-state index is 12.4. The molecule has 0 saturated heterocycles. The van der Waals surface area contributed by atoms with Crippen molar-refractivity contribution in [3.63, 3.8) is 0 Å². The number of anilines is 2. The molecule has 2 rings (SSSR count). The van der Waals surface area contributed by atoms with Gasteiger partial charge in [0.25, 0.3) is 5.91 Å². The predicted octanol–water partition coefficient (Wildman–Crippen LogP) is 1.63. The molecule has 1 aromatic heterocycles. The summed E-state index contributed by atoms with van der Waals surface area (Å²) in [7, 11) is 1.24. The van der Waals surface area contributed by atoms with Crippen LogP contribution < -0.4 is 10.6 Å². The minimum absolute atomic E-state index is 0.128. The van der Waals surface area contributed by atoms with Gasteiger partial charge in [-0.25, -0.2) is 4.79 Å². The lowest BCUT2D eigenvalue weighted by Crippen LogP contribution is -2.43. The number of carbonyl (C=O) groups excluding carboxylic acids is 2. The molecule has 2 aromatic rings. The van der Waals surface area contributed by atoms with Gasteiger partial charge in [0.15, 0.2) is 5.60 Å². The summed E-state index contributed by atoms with van der Waals surface area (Å²) in [5, 5.41) is 28.4. The van der Waals surface area contributed by atoms with Crippen LogP contribution in [0.3, 0.4) is 0 Å². The minimum atomic E-state index is -1.75. The Balaban J connectivity index is 2.05. The molecule has 0 aliphatic rings. The number of benzene rings is 1. The maximum atomic E-state index is 12.4. The number of amides is 2. The van der Waals surface area contributed by atoms with E-state index in [-0.39, 0.29) is 6.54 Å². The summed E-state index contributed by atoms with van der Waals surface area (Å²) in [5.41, 5.74) is 0.319. The number of nitriles is 1. The lowest BCUT2D eigenvalue weighted by molar-refractivity contribution is -0.133. The first-order chi connectivity index (χ1) is 12.2. The van der Waals surface area contributed by atoms with E-state index < -0.39 is 17.6 Å². The third kappa shape index (κ3) is 4.58. The Kier molecular flexibility index (Phi) is 5.59. The summed E-state index contributed by atoms with van der Waals surface area (Å²) in [5.74, 6) is -0.625. The van der Waals surface area contributed by atoms with Crippen molar-refractivity contribution in [3.8, 4) is 6.07 Å². The van der Waals surface area contributed by atoms with Crippen molar-refractivity contribution in [2.45, 2.75) is 26.0 Å². The molecule has 1 heterocycles. The minimum Gasteiger partial charge on any atom is -0.453 e. The number of nitrogens with zero attached hydrogens (tertiary/aromatic N) is 3. The molecule has 0 aliphatic carbocycles. The number of hydrogen-bond acceptors (Lipinski definition) is 6.